The van der Waals surface area contributed by atoms with Gasteiger partial charge in [-0.3, -0.25) is 4.90 Å². The lowest BCUT2D eigenvalue weighted by Gasteiger charge is -2.39. The molecule has 1 aliphatic rings. The molecule has 0 unspecified atom stereocenters. The van der Waals surface area contributed by atoms with Crippen molar-refractivity contribution in [3.05, 3.63) is 18.2 Å². The van der Waals surface area contributed by atoms with Crippen LogP contribution in [0.4, 0.5) is 0 Å². The summed E-state index contributed by atoms with van der Waals surface area (Å²) in [5.41, 5.74) is 0. The average Bonchev–Trinajstić information content (AvgIpc) is 2.77. The van der Waals surface area contributed by atoms with Crippen molar-refractivity contribution in [1.82, 2.24) is 19.4 Å². The quantitative estimate of drug-likeness (QED) is 0.772. The highest BCUT2D eigenvalue weighted by Crippen LogP contribution is 2.13. The molecule has 1 aromatic heterocycles. The molecule has 0 bridgehead atoms. The molecule has 1 atom stereocenters. The van der Waals surface area contributed by atoms with Crippen LogP contribution in [0, 0.1) is 0 Å². The van der Waals surface area contributed by atoms with E-state index in [2.05, 4.69) is 21.7 Å². The Morgan fingerprint density at radius 3 is 2.76 bits per heavy atom. The van der Waals surface area contributed by atoms with E-state index < -0.39 is 10.0 Å². The second kappa shape index (κ2) is 6.87. The topological polar surface area (TPSA) is 84.5 Å². The van der Waals surface area contributed by atoms with Crippen molar-refractivity contribution in [1.29, 1.82) is 0 Å². The number of nitrogens with two attached hydrogens (primary N) is 1. The summed E-state index contributed by atoms with van der Waals surface area (Å²) in [5, 5.41) is 5.03. The molecule has 2 heterocycles. The maximum absolute atomic E-state index is 10.9. The first-order valence-corrected chi connectivity index (χ1v) is 9.00. The Hall–Kier alpha value is -0.960. The van der Waals surface area contributed by atoms with Gasteiger partial charge in [0.1, 0.15) is 5.82 Å². The molecule has 2 N–H and O–H groups in total. The van der Waals surface area contributed by atoms with Gasteiger partial charge in [-0.2, -0.15) is 0 Å². The molecular weight excluding hydrogens is 290 g/mol. The lowest BCUT2D eigenvalue weighted by atomic mass is 10.2. The first-order valence-electron chi connectivity index (χ1n) is 7.28. The largest absolute Gasteiger partial charge is 0.337 e. The standard InChI is InChI=1S/C13H25N5O2S/c1-12-10-17(5-3-9-21(14,19)20)7-8-18(12)11-13-15-4-6-16(13)2/h4,6,12H,3,5,7-11H2,1-2H3,(H2,14,19,20)/t12-/m1/s1. The van der Waals surface area contributed by atoms with Crippen LogP contribution < -0.4 is 5.14 Å². The minimum atomic E-state index is -3.34. The van der Waals surface area contributed by atoms with Crippen molar-refractivity contribution < 1.29 is 8.42 Å². The number of rotatable bonds is 6. The predicted octanol–water partition coefficient (Wildman–Crippen LogP) is -0.395. The van der Waals surface area contributed by atoms with Gasteiger partial charge in [-0.25, -0.2) is 18.5 Å². The molecule has 21 heavy (non-hydrogen) atoms. The molecule has 1 aromatic rings. The molecule has 0 amide bonds. The lowest BCUT2D eigenvalue weighted by molar-refractivity contribution is 0.0753. The van der Waals surface area contributed by atoms with Gasteiger partial charge in [0, 0.05) is 45.1 Å². The van der Waals surface area contributed by atoms with Crippen molar-refractivity contribution in [3.63, 3.8) is 0 Å². The van der Waals surface area contributed by atoms with Gasteiger partial charge in [-0.05, 0) is 19.9 Å². The average molecular weight is 315 g/mol. The Morgan fingerprint density at radius 1 is 1.43 bits per heavy atom. The second-order valence-electron chi connectivity index (χ2n) is 5.80. The van der Waals surface area contributed by atoms with Crippen LogP contribution in [0.2, 0.25) is 0 Å². The molecule has 7 nitrogen and oxygen atoms in total. The molecule has 0 aliphatic carbocycles. The number of primary sulfonamides is 1. The third-order valence-electron chi connectivity index (χ3n) is 4.02. The van der Waals surface area contributed by atoms with E-state index in [-0.39, 0.29) is 5.75 Å². The number of sulfonamides is 1. The second-order valence-corrected chi connectivity index (χ2v) is 7.53. The molecular formula is C13H25N5O2S. The van der Waals surface area contributed by atoms with Crippen molar-refractivity contribution >= 4 is 10.0 Å². The fourth-order valence-electron chi connectivity index (χ4n) is 2.73. The van der Waals surface area contributed by atoms with E-state index in [1.807, 2.05) is 24.0 Å². The SMILES string of the molecule is C[C@@H]1CN(CCCS(N)(=O)=O)CCN1Cc1nccn1C. The van der Waals surface area contributed by atoms with E-state index >= 15 is 0 Å². The van der Waals surface area contributed by atoms with Crippen LogP contribution in [0.1, 0.15) is 19.2 Å². The van der Waals surface area contributed by atoms with E-state index in [1.165, 1.54) is 0 Å². The molecule has 1 aliphatic heterocycles. The maximum atomic E-state index is 10.9. The van der Waals surface area contributed by atoms with Gasteiger partial charge in [0.2, 0.25) is 10.0 Å². The molecule has 8 heteroatoms. The van der Waals surface area contributed by atoms with Gasteiger partial charge < -0.3 is 9.47 Å². The van der Waals surface area contributed by atoms with Gasteiger partial charge in [0.25, 0.3) is 0 Å². The van der Waals surface area contributed by atoms with Crippen LogP contribution in [-0.4, -0.2) is 65.7 Å². The number of hydrogen-bond acceptors (Lipinski definition) is 5. The Morgan fingerprint density at radius 2 is 2.19 bits per heavy atom. The minimum Gasteiger partial charge on any atom is -0.337 e. The van der Waals surface area contributed by atoms with Gasteiger partial charge in [0.05, 0.1) is 12.3 Å². The first kappa shape index (κ1) is 16.4. The Labute approximate surface area is 126 Å². The molecule has 2 rings (SSSR count). The summed E-state index contributed by atoms with van der Waals surface area (Å²) in [4.78, 5) is 9.09. The van der Waals surface area contributed by atoms with Crippen LogP contribution >= 0.6 is 0 Å². The molecule has 0 aromatic carbocycles. The summed E-state index contributed by atoms with van der Waals surface area (Å²) in [6, 6.07) is 0.435. The van der Waals surface area contributed by atoms with E-state index in [1.54, 1.807) is 0 Å². The number of piperazine rings is 1. The fourth-order valence-corrected chi connectivity index (χ4v) is 3.26. The number of nitrogens with zero attached hydrogens (tertiary/aromatic N) is 4. The van der Waals surface area contributed by atoms with Crippen LogP contribution in [-0.2, 0) is 23.6 Å². The predicted molar refractivity (Wildman–Crippen MR) is 82.1 cm³/mol. The Bertz CT molecular complexity index is 557. The maximum Gasteiger partial charge on any atom is 0.209 e. The minimum absolute atomic E-state index is 0.0644. The smallest absolute Gasteiger partial charge is 0.209 e. The molecule has 0 spiro atoms. The van der Waals surface area contributed by atoms with Crippen molar-refractivity contribution in [2.75, 3.05) is 31.9 Å². The normalized spacial score (nSPS) is 21.8. The fraction of sp³-hybridized carbons (Fsp3) is 0.769. The van der Waals surface area contributed by atoms with Crippen molar-refractivity contribution in [2.45, 2.75) is 25.9 Å². The van der Waals surface area contributed by atoms with E-state index in [0.717, 1.165) is 38.5 Å². The summed E-state index contributed by atoms with van der Waals surface area (Å²) in [5.74, 6) is 1.14. The summed E-state index contributed by atoms with van der Waals surface area (Å²) in [7, 11) is -1.33. The highest BCUT2D eigenvalue weighted by Gasteiger charge is 2.24. The molecule has 120 valence electrons. The zero-order chi connectivity index (χ0) is 15.5. The highest BCUT2D eigenvalue weighted by molar-refractivity contribution is 7.89. The monoisotopic (exact) mass is 315 g/mol. The summed E-state index contributed by atoms with van der Waals surface area (Å²) in [6.45, 7) is 6.74. The van der Waals surface area contributed by atoms with Gasteiger partial charge >= 0.3 is 0 Å². The van der Waals surface area contributed by atoms with Crippen LogP contribution in [0.3, 0.4) is 0 Å². The summed E-state index contributed by atoms with van der Waals surface area (Å²) < 4.78 is 23.9. The molecule has 0 radical (unpaired) electrons. The molecule has 1 fully saturated rings. The van der Waals surface area contributed by atoms with Crippen LogP contribution in [0.5, 0.6) is 0 Å². The zero-order valence-electron chi connectivity index (χ0n) is 12.8. The molecule has 1 saturated heterocycles. The highest BCUT2D eigenvalue weighted by atomic mass is 32.2. The first-order chi connectivity index (χ1) is 9.85. The van der Waals surface area contributed by atoms with Gasteiger partial charge in [-0.15, -0.1) is 0 Å². The van der Waals surface area contributed by atoms with Crippen LogP contribution in [0.15, 0.2) is 12.4 Å². The lowest BCUT2D eigenvalue weighted by Crippen LogP contribution is -2.51. The third-order valence-corrected chi connectivity index (χ3v) is 4.88. The number of imidazole rings is 1. The Balaban J connectivity index is 1.78. The summed E-state index contributed by atoms with van der Waals surface area (Å²) >= 11 is 0. The zero-order valence-corrected chi connectivity index (χ0v) is 13.6. The van der Waals surface area contributed by atoms with Crippen LogP contribution in [0.25, 0.3) is 0 Å². The Kier molecular flexibility index (Phi) is 5.37. The number of hydrogen-bond donors (Lipinski definition) is 1. The molecule has 0 saturated carbocycles. The van der Waals surface area contributed by atoms with Crippen molar-refractivity contribution in [3.8, 4) is 0 Å². The number of aryl methyl sites for hydroxylation is 1. The van der Waals surface area contributed by atoms with Crippen molar-refractivity contribution in [2.24, 2.45) is 12.2 Å². The number of aromatic nitrogens is 2. The third kappa shape index (κ3) is 5.06. The van der Waals surface area contributed by atoms with E-state index in [9.17, 15) is 8.42 Å². The van der Waals surface area contributed by atoms with Gasteiger partial charge in [0.15, 0.2) is 0 Å². The summed E-state index contributed by atoms with van der Waals surface area (Å²) in [6.07, 6.45) is 4.39. The van der Waals surface area contributed by atoms with E-state index in [4.69, 9.17) is 5.14 Å². The van der Waals surface area contributed by atoms with E-state index in [0.29, 0.717) is 12.5 Å². The van der Waals surface area contributed by atoms with Gasteiger partial charge in [-0.1, -0.05) is 0 Å².